The van der Waals surface area contributed by atoms with Crippen molar-refractivity contribution in [2.24, 2.45) is 0 Å². The van der Waals surface area contributed by atoms with Gasteiger partial charge in [0.25, 0.3) is 5.69 Å². The third-order valence-corrected chi connectivity index (χ3v) is 7.19. The summed E-state index contributed by atoms with van der Waals surface area (Å²) in [6.07, 6.45) is -16.9. The molecule has 22 heteroatoms. The van der Waals surface area contributed by atoms with Crippen LogP contribution < -0.4 is 4.90 Å². The van der Waals surface area contributed by atoms with Crippen molar-refractivity contribution in [2.75, 3.05) is 13.2 Å². The van der Waals surface area contributed by atoms with Crippen LogP contribution >= 0.6 is 0 Å². The van der Waals surface area contributed by atoms with Crippen molar-refractivity contribution < 1.29 is 95.3 Å². The first kappa shape index (κ1) is 41.0. The lowest BCUT2D eigenvalue weighted by molar-refractivity contribution is -0.811. The molecule has 0 radical (unpaired) electrons. The van der Waals surface area contributed by atoms with E-state index in [-0.39, 0.29) is 4.90 Å². The van der Waals surface area contributed by atoms with E-state index in [0.29, 0.717) is 0 Å². The molecule has 10 atom stereocenters. The summed E-state index contributed by atoms with van der Waals surface area (Å²) in [6.45, 7) is 6.76. The topological polar surface area (TPSA) is 282 Å². The van der Waals surface area contributed by atoms with Gasteiger partial charge >= 0.3 is 47.8 Å². The number of aromatic nitrogens is 2. The molecule has 2 fully saturated rings. The summed E-state index contributed by atoms with van der Waals surface area (Å²) in [7, 11) is 0. The van der Waals surface area contributed by atoms with Gasteiger partial charge in [0.1, 0.15) is 25.4 Å². The first-order valence-electron chi connectivity index (χ1n) is 15.5. The fourth-order valence-corrected chi connectivity index (χ4v) is 5.61. The molecule has 3 rings (SSSR count). The van der Waals surface area contributed by atoms with E-state index in [2.05, 4.69) is 5.16 Å². The molecule has 0 amide bonds. The van der Waals surface area contributed by atoms with Crippen LogP contribution in [0.15, 0.2) is 4.63 Å². The van der Waals surface area contributed by atoms with Crippen LogP contribution in [0.1, 0.15) is 79.0 Å². The van der Waals surface area contributed by atoms with E-state index >= 15 is 0 Å². The molecule has 0 aliphatic carbocycles. The number of carbonyl (C=O) groups excluding carboxylic acids is 8. The zero-order valence-corrected chi connectivity index (χ0v) is 29.2. The van der Waals surface area contributed by atoms with Gasteiger partial charge in [-0.1, -0.05) is 0 Å². The summed E-state index contributed by atoms with van der Waals surface area (Å²) >= 11 is 0. The largest absolute Gasteiger partial charge is 0.463 e. The van der Waals surface area contributed by atoms with Gasteiger partial charge in [0, 0.05) is 60.5 Å². The molecule has 22 nitrogen and oxygen atoms in total. The Hall–Kier alpha value is -5.38. The maximum absolute atomic E-state index is 13.5. The molecule has 2 aliphatic rings. The van der Waals surface area contributed by atoms with Gasteiger partial charge in [0.15, 0.2) is 48.8 Å². The maximum Gasteiger partial charge on any atom is 0.303 e. The second kappa shape index (κ2) is 17.7. The van der Waals surface area contributed by atoms with Crippen LogP contribution in [0.5, 0.6) is 0 Å². The summed E-state index contributed by atoms with van der Waals surface area (Å²) in [5.41, 5.74) is -1.24. The zero-order chi connectivity index (χ0) is 39.0. The minimum Gasteiger partial charge on any atom is -0.463 e. The van der Waals surface area contributed by atoms with Crippen molar-refractivity contribution in [3.63, 3.8) is 0 Å². The highest BCUT2D eigenvalue weighted by Crippen LogP contribution is 2.43. The summed E-state index contributed by atoms with van der Waals surface area (Å²) in [5, 5.41) is 17.2. The molecule has 288 valence electrons. The van der Waals surface area contributed by atoms with Gasteiger partial charge in [0.05, 0.1) is 0 Å². The fraction of sp³-hybridized carbons (Fsp3) is 0.667. The van der Waals surface area contributed by atoms with E-state index in [1.165, 1.54) is 0 Å². The Kier molecular flexibility index (Phi) is 14.0. The van der Waals surface area contributed by atoms with E-state index in [0.717, 1.165) is 55.4 Å². The molecule has 2 saturated heterocycles. The second-order valence-corrected chi connectivity index (χ2v) is 11.4. The van der Waals surface area contributed by atoms with E-state index in [1.807, 2.05) is 0 Å². The number of ether oxygens (including phenoxy) is 10. The summed E-state index contributed by atoms with van der Waals surface area (Å²) in [6, 6.07) is 0. The van der Waals surface area contributed by atoms with Crippen molar-refractivity contribution in [3.05, 3.63) is 16.6 Å². The van der Waals surface area contributed by atoms with Crippen LogP contribution in [-0.2, 0) is 85.7 Å². The van der Waals surface area contributed by atoms with Crippen molar-refractivity contribution in [2.45, 2.75) is 116 Å². The Balaban J connectivity index is 2.31. The highest BCUT2D eigenvalue weighted by Gasteiger charge is 2.60. The first-order chi connectivity index (χ1) is 24.3. The molecule has 2 aliphatic heterocycles. The van der Waals surface area contributed by atoms with E-state index in [1.54, 1.807) is 0 Å². The minimum absolute atomic E-state index is 0.218. The smallest absolute Gasteiger partial charge is 0.303 e. The molecule has 3 heterocycles. The molecular formula is C30H38N2O20. The summed E-state index contributed by atoms with van der Waals surface area (Å²) in [4.78, 5) is 97.2. The number of nitrogens with zero attached hydrogens (tertiary/aromatic N) is 2. The zero-order valence-electron chi connectivity index (χ0n) is 29.2. The molecule has 1 aromatic heterocycles. The summed E-state index contributed by atoms with van der Waals surface area (Å²) < 4.78 is 59.8. The molecule has 1 aromatic rings. The summed E-state index contributed by atoms with van der Waals surface area (Å²) in [5.74, 6) is -7.34. The Morgan fingerprint density at radius 3 is 1.21 bits per heavy atom. The Morgan fingerprint density at radius 2 is 0.846 bits per heavy atom. The Morgan fingerprint density at radius 1 is 0.519 bits per heavy atom. The number of hydrogen-bond acceptors (Lipinski definition) is 21. The van der Waals surface area contributed by atoms with Gasteiger partial charge in [-0.15, -0.1) is 0 Å². The van der Waals surface area contributed by atoms with Crippen molar-refractivity contribution in [1.82, 2.24) is 5.16 Å². The predicted octanol–water partition coefficient (Wildman–Crippen LogP) is -1.10. The highest BCUT2D eigenvalue weighted by atomic mass is 16.8. The van der Waals surface area contributed by atoms with Crippen molar-refractivity contribution in [3.8, 4) is 0 Å². The van der Waals surface area contributed by atoms with Crippen LogP contribution in [-0.4, -0.2) is 115 Å². The monoisotopic (exact) mass is 746 g/mol. The van der Waals surface area contributed by atoms with Gasteiger partial charge in [-0.25, -0.2) is 0 Å². The van der Waals surface area contributed by atoms with Crippen LogP contribution in [0.25, 0.3) is 0 Å². The number of hydrogen-bond donors (Lipinski definition) is 0. The fourth-order valence-electron chi connectivity index (χ4n) is 5.61. The van der Waals surface area contributed by atoms with Gasteiger partial charge < -0.3 is 52.6 Å². The molecule has 0 aromatic carbocycles. The predicted molar refractivity (Wildman–Crippen MR) is 157 cm³/mol. The third kappa shape index (κ3) is 10.6. The molecule has 0 unspecified atom stereocenters. The van der Waals surface area contributed by atoms with Crippen molar-refractivity contribution >= 4 is 47.8 Å². The average Bonchev–Trinajstić information content (AvgIpc) is 3.38. The standard InChI is InChI=1S/C30H38N2O20/c1-11(33)42-9-19-23(44-13(3)35)27(46-15(5)37)29(48-17(7)39)25(50-19)21-22(32(41)52-31-21)26-30(49-18(8)40)28(47-16(6)38)24(45-14(4)36)20(51-26)10-43-12(2)34/h19-20,23-30H,9-10H2,1-8H3/t19-,20-,23-,24-,25+,26+,27+,28+,29+,30+/m1/s1. The quantitative estimate of drug-likeness (QED) is 0.139. The van der Waals surface area contributed by atoms with Gasteiger partial charge in [0.2, 0.25) is 5.69 Å². The normalized spacial score (nSPS) is 28.3. The SMILES string of the molecule is CC(=O)OC[C@H]1O[C@@H](c2no[n+]([O-])c2[C@@H]2O[C@H](COC(C)=O)[C@@H](OC(C)=O)[C@H](OC(C)=O)[C@H]2OC(C)=O)[C@H](OC(C)=O)[C@@H](OC(C)=O)[C@@H]1OC(C)=O. The van der Waals surface area contributed by atoms with Crippen LogP contribution in [0.2, 0.25) is 0 Å². The van der Waals surface area contributed by atoms with E-state index in [4.69, 9.17) is 52.0 Å². The van der Waals surface area contributed by atoms with Crippen molar-refractivity contribution in [1.29, 1.82) is 0 Å². The molecule has 0 N–H and O–H groups in total. The Labute approximate surface area is 294 Å². The number of esters is 8. The van der Waals surface area contributed by atoms with E-state index in [9.17, 15) is 43.6 Å². The van der Waals surface area contributed by atoms with Gasteiger partial charge in [-0.3, -0.25) is 43.0 Å². The molecule has 0 spiro atoms. The molecular weight excluding hydrogens is 708 g/mol. The first-order valence-corrected chi connectivity index (χ1v) is 15.5. The molecule has 52 heavy (non-hydrogen) atoms. The minimum atomic E-state index is -1.88. The Bertz CT molecular complexity index is 1540. The van der Waals surface area contributed by atoms with Crippen LogP contribution in [0.3, 0.4) is 0 Å². The highest BCUT2D eigenvalue weighted by molar-refractivity contribution is 5.70. The lowest BCUT2D eigenvalue weighted by Gasteiger charge is -2.44. The van der Waals surface area contributed by atoms with Gasteiger partial charge in [-0.2, -0.15) is 0 Å². The third-order valence-electron chi connectivity index (χ3n) is 7.19. The number of rotatable bonds is 12. The molecule has 0 saturated carbocycles. The molecule has 0 bridgehead atoms. The average molecular weight is 747 g/mol. The van der Waals surface area contributed by atoms with Crippen LogP contribution in [0, 0.1) is 5.21 Å². The van der Waals surface area contributed by atoms with E-state index < -0.39 is 133 Å². The lowest BCUT2D eigenvalue weighted by Crippen LogP contribution is -2.61. The van der Waals surface area contributed by atoms with Crippen LogP contribution in [0.4, 0.5) is 0 Å². The number of carbonyl (C=O) groups is 8. The second-order valence-electron chi connectivity index (χ2n) is 11.4. The lowest BCUT2D eigenvalue weighted by atomic mass is 9.88. The van der Waals surface area contributed by atoms with Gasteiger partial charge in [-0.05, 0) is 4.90 Å². The maximum atomic E-state index is 13.5.